The van der Waals surface area contributed by atoms with Gasteiger partial charge in [0.05, 0.1) is 19.4 Å². The number of nitrogens with zero attached hydrogens (tertiary/aromatic N) is 6. The third-order valence-electron chi connectivity index (χ3n) is 6.07. The lowest BCUT2D eigenvalue weighted by atomic mass is 9.85. The van der Waals surface area contributed by atoms with Crippen molar-refractivity contribution in [2.75, 3.05) is 19.0 Å². The summed E-state index contributed by atoms with van der Waals surface area (Å²) in [5, 5.41) is 20.6. The molecule has 1 aliphatic heterocycles. The Morgan fingerprint density at radius 3 is 2.79 bits per heavy atom. The van der Waals surface area contributed by atoms with Crippen molar-refractivity contribution in [2.24, 2.45) is 0 Å². The van der Waals surface area contributed by atoms with Gasteiger partial charge in [-0.3, -0.25) is 4.79 Å². The van der Waals surface area contributed by atoms with Crippen LogP contribution in [0.4, 0.5) is 5.82 Å². The number of benzene rings is 1. The number of hydrogen-bond donors (Lipinski definition) is 1. The first kappa shape index (κ1) is 21.9. The first-order chi connectivity index (χ1) is 16.5. The predicted octanol–water partition coefficient (Wildman–Crippen LogP) is 3.59. The van der Waals surface area contributed by atoms with Gasteiger partial charge in [-0.2, -0.15) is 14.3 Å². The molecule has 34 heavy (non-hydrogen) atoms. The van der Waals surface area contributed by atoms with Gasteiger partial charge >= 0.3 is 0 Å². The number of hydrogen-bond acceptors (Lipinski definition) is 7. The van der Waals surface area contributed by atoms with Crippen LogP contribution in [0.5, 0.6) is 11.5 Å². The van der Waals surface area contributed by atoms with Crippen molar-refractivity contribution in [3.05, 3.63) is 53.0 Å². The van der Waals surface area contributed by atoms with Crippen molar-refractivity contribution < 1.29 is 14.3 Å². The van der Waals surface area contributed by atoms with Crippen LogP contribution in [0.1, 0.15) is 54.7 Å². The fourth-order valence-corrected chi connectivity index (χ4v) is 4.42. The molecule has 1 atom stereocenters. The summed E-state index contributed by atoms with van der Waals surface area (Å²) in [6.07, 6.45) is 2.24. The SMILES string of the molecule is CCCCOc1c(OC)cccc1C1CC(=O)Nc2c1c(C)nn2-c1ccc2nnc(C)n2n1. The van der Waals surface area contributed by atoms with Crippen LogP contribution in [0, 0.1) is 13.8 Å². The fourth-order valence-electron chi connectivity index (χ4n) is 4.42. The van der Waals surface area contributed by atoms with Gasteiger partial charge in [0.15, 0.2) is 28.8 Å². The Labute approximate surface area is 196 Å². The largest absolute Gasteiger partial charge is 0.493 e. The van der Waals surface area contributed by atoms with E-state index in [1.54, 1.807) is 16.3 Å². The Morgan fingerprint density at radius 2 is 2.00 bits per heavy atom. The standard InChI is InChI=1S/C24H27N7O3/c1-5-6-12-34-23-16(8-7-9-18(23)33-4)17-13-21(32)25-24-22(17)14(2)28-31(24)20-11-10-19-27-26-15(3)30(19)29-20/h7-11,17H,5-6,12-13H2,1-4H3,(H,25,32). The molecule has 4 heterocycles. The summed E-state index contributed by atoms with van der Waals surface area (Å²) in [7, 11) is 1.63. The van der Waals surface area contributed by atoms with E-state index in [2.05, 4.69) is 27.5 Å². The number of carbonyl (C=O) groups is 1. The van der Waals surface area contributed by atoms with Crippen LogP contribution in [0.15, 0.2) is 30.3 Å². The molecule has 0 bridgehead atoms. The van der Waals surface area contributed by atoms with Gasteiger partial charge in [0.2, 0.25) is 5.91 Å². The number of fused-ring (bicyclic) bond motifs is 2. The zero-order valence-electron chi connectivity index (χ0n) is 19.7. The first-order valence-corrected chi connectivity index (χ1v) is 11.4. The first-order valence-electron chi connectivity index (χ1n) is 11.4. The monoisotopic (exact) mass is 461 g/mol. The number of unbranched alkanes of at least 4 members (excludes halogenated alkanes) is 1. The number of para-hydroxylation sites is 1. The summed E-state index contributed by atoms with van der Waals surface area (Å²) in [6, 6.07) is 9.45. The Morgan fingerprint density at radius 1 is 1.15 bits per heavy atom. The molecule has 0 fully saturated rings. The topological polar surface area (TPSA) is 108 Å². The zero-order chi connectivity index (χ0) is 23.8. The second-order valence-electron chi connectivity index (χ2n) is 8.35. The summed E-state index contributed by atoms with van der Waals surface area (Å²) >= 11 is 0. The van der Waals surface area contributed by atoms with Gasteiger partial charge in [0.1, 0.15) is 5.82 Å². The van der Waals surface area contributed by atoms with E-state index in [4.69, 9.17) is 14.6 Å². The second-order valence-corrected chi connectivity index (χ2v) is 8.35. The maximum Gasteiger partial charge on any atom is 0.226 e. The van der Waals surface area contributed by atoms with Gasteiger partial charge in [-0.05, 0) is 38.5 Å². The van der Waals surface area contributed by atoms with Crippen molar-refractivity contribution in [3.63, 3.8) is 0 Å². The van der Waals surface area contributed by atoms with E-state index < -0.39 is 0 Å². The minimum absolute atomic E-state index is 0.0949. The molecule has 1 amide bonds. The Bertz CT molecular complexity index is 1370. The van der Waals surface area contributed by atoms with E-state index in [0.717, 1.165) is 29.7 Å². The molecule has 5 rings (SSSR count). The van der Waals surface area contributed by atoms with Crippen LogP contribution in [0.2, 0.25) is 0 Å². The minimum atomic E-state index is -0.232. The summed E-state index contributed by atoms with van der Waals surface area (Å²) in [6.45, 7) is 6.48. The molecular weight excluding hydrogens is 434 g/mol. The van der Waals surface area contributed by atoms with Crippen LogP contribution in [-0.4, -0.2) is 49.2 Å². The van der Waals surface area contributed by atoms with Gasteiger partial charge < -0.3 is 14.8 Å². The molecule has 1 unspecified atom stereocenters. The van der Waals surface area contributed by atoms with E-state index in [1.165, 1.54) is 0 Å². The second kappa shape index (κ2) is 8.77. The van der Waals surface area contributed by atoms with E-state index >= 15 is 0 Å². The Kier molecular flexibility index (Phi) is 5.64. The van der Waals surface area contributed by atoms with Crippen molar-refractivity contribution in [1.29, 1.82) is 0 Å². The van der Waals surface area contributed by atoms with Crippen molar-refractivity contribution in [3.8, 4) is 17.3 Å². The fraction of sp³-hybridized carbons (Fsp3) is 0.375. The molecule has 3 aromatic heterocycles. The summed E-state index contributed by atoms with van der Waals surface area (Å²) in [5.74, 6) is 2.84. The van der Waals surface area contributed by atoms with Crippen LogP contribution in [0.3, 0.4) is 0 Å². The van der Waals surface area contributed by atoms with Gasteiger partial charge in [0.25, 0.3) is 0 Å². The Balaban J connectivity index is 1.63. The number of carbonyl (C=O) groups excluding carboxylic acids is 1. The van der Waals surface area contributed by atoms with E-state index in [-0.39, 0.29) is 18.2 Å². The molecule has 1 aromatic carbocycles. The minimum Gasteiger partial charge on any atom is -0.493 e. The smallest absolute Gasteiger partial charge is 0.226 e. The van der Waals surface area contributed by atoms with Gasteiger partial charge in [-0.25, -0.2) is 0 Å². The quantitative estimate of drug-likeness (QED) is 0.419. The number of aromatic nitrogens is 6. The van der Waals surface area contributed by atoms with Gasteiger partial charge in [0, 0.05) is 23.5 Å². The molecule has 0 spiro atoms. The molecule has 0 saturated carbocycles. The van der Waals surface area contributed by atoms with Crippen LogP contribution in [0.25, 0.3) is 11.5 Å². The number of nitrogens with one attached hydrogen (secondary N) is 1. The molecule has 10 nitrogen and oxygen atoms in total. The molecule has 10 heteroatoms. The number of aryl methyl sites for hydroxylation is 2. The highest BCUT2D eigenvalue weighted by Gasteiger charge is 2.35. The lowest BCUT2D eigenvalue weighted by Crippen LogP contribution is -2.25. The average Bonchev–Trinajstić information content (AvgIpc) is 3.38. The van der Waals surface area contributed by atoms with E-state index in [9.17, 15) is 4.79 Å². The molecule has 0 saturated heterocycles. The molecular formula is C24H27N7O3. The van der Waals surface area contributed by atoms with Crippen molar-refractivity contribution in [2.45, 2.75) is 46.0 Å². The normalized spacial score (nSPS) is 15.3. The third-order valence-corrected chi connectivity index (χ3v) is 6.07. The lowest BCUT2D eigenvalue weighted by Gasteiger charge is -2.26. The number of amides is 1. The maximum absolute atomic E-state index is 12.9. The maximum atomic E-state index is 12.9. The van der Waals surface area contributed by atoms with Gasteiger partial charge in [-0.15, -0.1) is 15.3 Å². The number of anilines is 1. The van der Waals surface area contributed by atoms with Crippen LogP contribution >= 0.6 is 0 Å². The molecule has 0 aliphatic carbocycles. The lowest BCUT2D eigenvalue weighted by molar-refractivity contribution is -0.116. The zero-order valence-corrected chi connectivity index (χ0v) is 19.7. The highest BCUT2D eigenvalue weighted by Crippen LogP contribution is 2.45. The predicted molar refractivity (Wildman–Crippen MR) is 126 cm³/mol. The molecule has 176 valence electrons. The van der Waals surface area contributed by atoms with E-state index in [1.807, 2.05) is 44.2 Å². The molecule has 0 radical (unpaired) electrons. The van der Waals surface area contributed by atoms with Gasteiger partial charge in [-0.1, -0.05) is 25.5 Å². The molecule has 1 N–H and O–H groups in total. The van der Waals surface area contributed by atoms with Crippen molar-refractivity contribution >= 4 is 17.4 Å². The highest BCUT2D eigenvalue weighted by molar-refractivity contribution is 5.95. The van der Waals surface area contributed by atoms with Crippen molar-refractivity contribution in [1.82, 2.24) is 29.6 Å². The van der Waals surface area contributed by atoms with Crippen LogP contribution < -0.4 is 14.8 Å². The number of methoxy groups -OCH3 is 1. The average molecular weight is 462 g/mol. The Hall–Kier alpha value is -3.95. The third kappa shape index (κ3) is 3.64. The summed E-state index contributed by atoms with van der Waals surface area (Å²) in [4.78, 5) is 12.9. The number of rotatable bonds is 7. The van der Waals surface area contributed by atoms with Crippen LogP contribution in [-0.2, 0) is 4.79 Å². The molecule has 4 aromatic rings. The van der Waals surface area contributed by atoms with E-state index in [0.29, 0.717) is 41.2 Å². The number of ether oxygens (including phenoxy) is 2. The molecule has 1 aliphatic rings. The summed E-state index contributed by atoms with van der Waals surface area (Å²) in [5.41, 5.74) is 3.30. The highest BCUT2D eigenvalue weighted by atomic mass is 16.5. The summed E-state index contributed by atoms with van der Waals surface area (Å²) < 4.78 is 15.1.